The third-order valence-corrected chi connectivity index (χ3v) is 5.17. The van der Waals surface area contributed by atoms with Gasteiger partial charge in [-0.15, -0.1) is 6.58 Å². The van der Waals surface area contributed by atoms with Gasteiger partial charge in [-0.25, -0.2) is 0 Å². The fourth-order valence-corrected chi connectivity index (χ4v) is 3.78. The van der Waals surface area contributed by atoms with Crippen LogP contribution in [0.5, 0.6) is 0 Å². The molecule has 4 heteroatoms. The van der Waals surface area contributed by atoms with Crippen molar-refractivity contribution >= 4 is 23.8 Å². The summed E-state index contributed by atoms with van der Waals surface area (Å²) in [6.45, 7) is 5.87. The van der Waals surface area contributed by atoms with Gasteiger partial charge in [0, 0.05) is 23.4 Å². The lowest BCUT2D eigenvalue weighted by atomic mass is 9.84. The fraction of sp³-hybridized carbons (Fsp3) is 0.500. The van der Waals surface area contributed by atoms with Crippen LogP contribution in [0.1, 0.15) is 57.1 Å². The number of carbonyl (C=O) groups excluding carboxylic acids is 2. The maximum absolute atomic E-state index is 13.1. The first-order chi connectivity index (χ1) is 11.6. The van der Waals surface area contributed by atoms with Crippen LogP contribution in [0, 0.1) is 5.92 Å². The zero-order valence-electron chi connectivity index (χ0n) is 14.3. The summed E-state index contributed by atoms with van der Waals surface area (Å²) in [5, 5.41) is 0.699. The van der Waals surface area contributed by atoms with Gasteiger partial charge in [0.2, 0.25) is 5.91 Å². The summed E-state index contributed by atoms with van der Waals surface area (Å²) >= 11 is 6.01. The molecule has 0 bridgehead atoms. The van der Waals surface area contributed by atoms with E-state index < -0.39 is 0 Å². The topological polar surface area (TPSA) is 37.4 Å². The number of benzene rings is 1. The number of likely N-dealkylation sites (tertiary alicyclic amines) is 1. The fourth-order valence-electron chi connectivity index (χ4n) is 3.65. The van der Waals surface area contributed by atoms with Gasteiger partial charge in [0.15, 0.2) is 0 Å². The van der Waals surface area contributed by atoms with E-state index in [1.54, 1.807) is 0 Å². The minimum absolute atomic E-state index is 0.0105. The average molecular weight is 348 g/mol. The van der Waals surface area contributed by atoms with Gasteiger partial charge in [-0.3, -0.25) is 4.79 Å². The molecule has 0 aliphatic carbocycles. The Hall–Kier alpha value is -1.61. The predicted octanol–water partition coefficient (Wildman–Crippen LogP) is 4.95. The quantitative estimate of drug-likeness (QED) is 0.492. The molecule has 1 heterocycles. The van der Waals surface area contributed by atoms with Crippen molar-refractivity contribution in [3.8, 4) is 0 Å². The molecular weight excluding hydrogens is 322 g/mol. The summed E-state index contributed by atoms with van der Waals surface area (Å²) in [7, 11) is 0. The number of aldehydes is 1. The first-order valence-corrected chi connectivity index (χ1v) is 9.12. The minimum atomic E-state index is 0.0105. The predicted molar refractivity (Wildman–Crippen MR) is 98.0 cm³/mol. The molecule has 3 unspecified atom stereocenters. The number of hydrogen-bond acceptors (Lipinski definition) is 2. The van der Waals surface area contributed by atoms with Crippen LogP contribution < -0.4 is 0 Å². The van der Waals surface area contributed by atoms with Gasteiger partial charge in [-0.05, 0) is 49.8 Å². The number of nitrogens with zero attached hydrogens (tertiary/aromatic N) is 1. The molecule has 3 nitrogen and oxygen atoms in total. The molecule has 1 aliphatic heterocycles. The molecule has 0 saturated carbocycles. The largest absolute Gasteiger partial charge is 0.332 e. The van der Waals surface area contributed by atoms with Crippen LogP contribution in [-0.4, -0.2) is 23.1 Å². The Balaban J connectivity index is 2.32. The van der Waals surface area contributed by atoms with E-state index in [0.29, 0.717) is 17.9 Å². The number of halogens is 1. The van der Waals surface area contributed by atoms with E-state index in [1.807, 2.05) is 35.2 Å². The lowest BCUT2D eigenvalue weighted by molar-refractivity contribution is -0.145. The summed E-state index contributed by atoms with van der Waals surface area (Å²) in [6.07, 6.45) is 7.35. The lowest BCUT2D eigenvalue weighted by Gasteiger charge is -2.44. The summed E-state index contributed by atoms with van der Waals surface area (Å²) < 4.78 is 0. The molecule has 24 heavy (non-hydrogen) atoms. The normalized spacial score (nSPS) is 22.2. The molecule has 0 aromatic heterocycles. The van der Waals surface area contributed by atoms with Crippen LogP contribution in [0.2, 0.25) is 5.02 Å². The van der Waals surface area contributed by atoms with E-state index in [0.717, 1.165) is 37.5 Å². The molecule has 2 rings (SSSR count). The van der Waals surface area contributed by atoms with Crippen LogP contribution in [0.25, 0.3) is 0 Å². The van der Waals surface area contributed by atoms with Gasteiger partial charge < -0.3 is 9.69 Å². The van der Waals surface area contributed by atoms with Crippen molar-refractivity contribution in [2.24, 2.45) is 5.92 Å². The molecule has 1 aromatic carbocycles. The SMILES string of the molecule is C=CCC1CCC(c2ccc(Cl)cc2)N(C(CC)CCC=O)C1=O. The Kier molecular flexibility index (Phi) is 7.04. The van der Waals surface area contributed by atoms with Crippen molar-refractivity contribution < 1.29 is 9.59 Å². The average Bonchev–Trinajstić information content (AvgIpc) is 2.59. The van der Waals surface area contributed by atoms with Gasteiger partial charge in [-0.1, -0.05) is 36.7 Å². The van der Waals surface area contributed by atoms with Crippen LogP contribution in [-0.2, 0) is 9.59 Å². The molecule has 0 radical (unpaired) electrons. The van der Waals surface area contributed by atoms with Gasteiger partial charge >= 0.3 is 0 Å². The van der Waals surface area contributed by atoms with Crippen molar-refractivity contribution in [3.05, 3.63) is 47.5 Å². The molecule has 1 amide bonds. The molecule has 130 valence electrons. The van der Waals surface area contributed by atoms with Crippen LogP contribution >= 0.6 is 11.6 Å². The monoisotopic (exact) mass is 347 g/mol. The lowest BCUT2D eigenvalue weighted by Crippen LogP contribution is -2.48. The molecule has 1 fully saturated rings. The number of piperidine rings is 1. The molecule has 1 aromatic rings. The summed E-state index contributed by atoms with van der Waals surface area (Å²) in [5.74, 6) is 0.204. The summed E-state index contributed by atoms with van der Waals surface area (Å²) in [4.78, 5) is 25.9. The van der Waals surface area contributed by atoms with Crippen molar-refractivity contribution in [1.29, 1.82) is 0 Å². The Morgan fingerprint density at radius 3 is 2.62 bits per heavy atom. The summed E-state index contributed by atoms with van der Waals surface area (Å²) in [6, 6.07) is 7.92. The van der Waals surface area contributed by atoms with Crippen molar-refractivity contribution in [2.75, 3.05) is 0 Å². The highest BCUT2D eigenvalue weighted by Crippen LogP contribution is 2.38. The Morgan fingerprint density at radius 2 is 2.04 bits per heavy atom. The van der Waals surface area contributed by atoms with Crippen molar-refractivity contribution in [3.63, 3.8) is 0 Å². The maximum atomic E-state index is 13.1. The number of amides is 1. The number of allylic oxidation sites excluding steroid dienone is 1. The van der Waals surface area contributed by atoms with Gasteiger partial charge in [0.05, 0.1) is 6.04 Å². The maximum Gasteiger partial charge on any atom is 0.226 e. The highest BCUT2D eigenvalue weighted by atomic mass is 35.5. The van der Waals surface area contributed by atoms with Crippen LogP contribution in [0.4, 0.5) is 0 Å². The van der Waals surface area contributed by atoms with E-state index in [-0.39, 0.29) is 23.9 Å². The van der Waals surface area contributed by atoms with Crippen LogP contribution in [0.3, 0.4) is 0 Å². The molecule has 1 saturated heterocycles. The zero-order valence-corrected chi connectivity index (χ0v) is 15.0. The van der Waals surface area contributed by atoms with Crippen molar-refractivity contribution in [2.45, 2.75) is 57.5 Å². The molecule has 0 spiro atoms. The Bertz CT molecular complexity index is 570. The first kappa shape index (κ1) is 18.7. The van der Waals surface area contributed by atoms with Gasteiger partial charge in [-0.2, -0.15) is 0 Å². The van der Waals surface area contributed by atoms with E-state index >= 15 is 0 Å². The highest BCUT2D eigenvalue weighted by molar-refractivity contribution is 6.30. The highest BCUT2D eigenvalue weighted by Gasteiger charge is 2.38. The van der Waals surface area contributed by atoms with Crippen molar-refractivity contribution in [1.82, 2.24) is 4.90 Å². The minimum Gasteiger partial charge on any atom is -0.332 e. The van der Waals surface area contributed by atoms with E-state index in [4.69, 9.17) is 11.6 Å². The second kappa shape index (κ2) is 9.03. The van der Waals surface area contributed by atoms with Crippen LogP contribution in [0.15, 0.2) is 36.9 Å². The first-order valence-electron chi connectivity index (χ1n) is 8.74. The molecular formula is C20H26ClNO2. The second-order valence-corrected chi connectivity index (χ2v) is 6.85. The second-order valence-electron chi connectivity index (χ2n) is 6.42. The van der Waals surface area contributed by atoms with E-state index in [2.05, 4.69) is 13.5 Å². The molecule has 0 N–H and O–H groups in total. The number of carbonyl (C=O) groups is 2. The Morgan fingerprint density at radius 1 is 1.33 bits per heavy atom. The third kappa shape index (κ3) is 4.27. The zero-order chi connectivity index (χ0) is 17.5. The molecule has 1 aliphatic rings. The smallest absolute Gasteiger partial charge is 0.226 e. The van der Waals surface area contributed by atoms with Gasteiger partial charge in [0.25, 0.3) is 0 Å². The van der Waals surface area contributed by atoms with Gasteiger partial charge in [0.1, 0.15) is 6.29 Å². The van der Waals surface area contributed by atoms with E-state index in [1.165, 1.54) is 0 Å². The standard InChI is InChI=1S/C20H26ClNO2/c1-3-6-16-10-13-19(15-8-11-17(21)12-9-15)22(20(16)24)18(4-2)7-5-14-23/h3,8-9,11-12,14,16,18-19H,1,4-7,10,13H2,2H3. The molecule has 3 atom stereocenters. The van der Waals surface area contributed by atoms with E-state index in [9.17, 15) is 9.59 Å². The summed E-state index contributed by atoms with van der Waals surface area (Å²) in [5.41, 5.74) is 1.12. The third-order valence-electron chi connectivity index (χ3n) is 4.92. The Labute approximate surface area is 149 Å². The number of hydrogen-bond donors (Lipinski definition) is 0. The number of rotatable bonds is 8.